The lowest BCUT2D eigenvalue weighted by atomic mass is 9.77. The van der Waals surface area contributed by atoms with Crippen LogP contribution in [-0.2, 0) is 13.0 Å². The molecule has 1 aliphatic carbocycles. The molecule has 2 aliphatic rings. The predicted molar refractivity (Wildman–Crippen MR) is 136 cm³/mol. The van der Waals surface area contributed by atoms with Crippen LogP contribution >= 0.6 is 11.3 Å². The number of hydrogen-bond acceptors (Lipinski definition) is 5. The molecule has 34 heavy (non-hydrogen) atoms. The van der Waals surface area contributed by atoms with Crippen LogP contribution in [0.1, 0.15) is 23.5 Å². The zero-order valence-electron chi connectivity index (χ0n) is 19.1. The van der Waals surface area contributed by atoms with E-state index in [0.717, 1.165) is 42.1 Å². The standard InChI is InChI=1S/C27H27N3O3S/c1-33-23-9-5-8-19-20(23)11-10-18-15-29(16-21(18)19)12-13-30-26(31)25-22(28-27(30)32)14-24(34-25)17-6-3-2-4-7-17/h2-9,14,18,21H,10-13,15-16H2,1H3,(H,28,32)/t18-,21+/m1/s1. The Labute approximate surface area is 201 Å². The fourth-order valence-corrected chi connectivity index (χ4v) is 6.80. The van der Waals surface area contributed by atoms with Gasteiger partial charge in [0.15, 0.2) is 0 Å². The first kappa shape index (κ1) is 21.4. The third-order valence-electron chi connectivity index (χ3n) is 7.43. The van der Waals surface area contributed by atoms with Gasteiger partial charge in [0.1, 0.15) is 10.4 Å². The van der Waals surface area contributed by atoms with E-state index in [1.54, 1.807) is 7.11 Å². The lowest BCUT2D eigenvalue weighted by molar-refractivity contribution is 0.303. The van der Waals surface area contributed by atoms with Gasteiger partial charge in [0, 0.05) is 37.0 Å². The van der Waals surface area contributed by atoms with Crippen LogP contribution in [-0.4, -0.2) is 41.2 Å². The van der Waals surface area contributed by atoms with Crippen molar-refractivity contribution in [3.05, 3.63) is 86.6 Å². The summed E-state index contributed by atoms with van der Waals surface area (Å²) in [7, 11) is 1.74. The van der Waals surface area contributed by atoms with E-state index in [2.05, 4.69) is 28.1 Å². The number of fused-ring (bicyclic) bond motifs is 4. The molecule has 0 radical (unpaired) electrons. The van der Waals surface area contributed by atoms with Crippen molar-refractivity contribution >= 4 is 21.6 Å². The van der Waals surface area contributed by atoms with Gasteiger partial charge in [0.25, 0.3) is 5.56 Å². The molecule has 1 fully saturated rings. The number of nitrogens with zero attached hydrogens (tertiary/aromatic N) is 2. The summed E-state index contributed by atoms with van der Waals surface area (Å²) in [6, 6.07) is 18.2. The van der Waals surface area contributed by atoms with Crippen LogP contribution < -0.4 is 16.0 Å². The smallest absolute Gasteiger partial charge is 0.328 e. The van der Waals surface area contributed by atoms with E-state index in [-0.39, 0.29) is 11.2 Å². The number of H-pyrrole nitrogens is 1. The van der Waals surface area contributed by atoms with E-state index in [0.29, 0.717) is 35.1 Å². The van der Waals surface area contributed by atoms with Crippen molar-refractivity contribution in [3.8, 4) is 16.2 Å². The maximum atomic E-state index is 13.2. The molecule has 7 heteroatoms. The van der Waals surface area contributed by atoms with E-state index < -0.39 is 0 Å². The minimum atomic E-state index is -0.332. The Morgan fingerprint density at radius 2 is 1.91 bits per heavy atom. The normalized spacial score (nSPS) is 19.8. The fraction of sp³-hybridized carbons (Fsp3) is 0.333. The molecule has 2 atom stereocenters. The topological polar surface area (TPSA) is 67.3 Å². The Morgan fingerprint density at radius 3 is 2.74 bits per heavy atom. The van der Waals surface area contributed by atoms with E-state index in [1.807, 2.05) is 36.4 Å². The third-order valence-corrected chi connectivity index (χ3v) is 8.60. The monoisotopic (exact) mass is 473 g/mol. The molecule has 6 nitrogen and oxygen atoms in total. The summed E-state index contributed by atoms with van der Waals surface area (Å²) in [5.41, 5.74) is 3.89. The van der Waals surface area contributed by atoms with Gasteiger partial charge < -0.3 is 14.6 Å². The highest BCUT2D eigenvalue weighted by Crippen LogP contribution is 2.44. The fourth-order valence-electron chi connectivity index (χ4n) is 5.74. The molecular weight excluding hydrogens is 446 g/mol. The Morgan fingerprint density at radius 1 is 1.06 bits per heavy atom. The Hall–Kier alpha value is -3.16. The predicted octanol–water partition coefficient (Wildman–Crippen LogP) is 4.09. The maximum Gasteiger partial charge on any atom is 0.328 e. The van der Waals surface area contributed by atoms with Gasteiger partial charge in [-0.1, -0.05) is 42.5 Å². The number of thiophene rings is 1. The van der Waals surface area contributed by atoms with Crippen molar-refractivity contribution in [2.45, 2.75) is 25.3 Å². The van der Waals surface area contributed by atoms with E-state index in [1.165, 1.54) is 27.0 Å². The quantitative estimate of drug-likeness (QED) is 0.474. The molecule has 3 heterocycles. The summed E-state index contributed by atoms with van der Waals surface area (Å²) >= 11 is 1.44. The molecule has 0 bridgehead atoms. The SMILES string of the molecule is COc1cccc2c1CC[C@@H]1CN(CCn3c(=O)[nH]c4cc(-c5ccccc5)sc4c3=O)C[C@H]21. The number of likely N-dealkylation sites (tertiary alicyclic amines) is 1. The van der Waals surface area contributed by atoms with Crippen molar-refractivity contribution in [1.29, 1.82) is 0 Å². The van der Waals surface area contributed by atoms with Crippen LogP contribution in [0.25, 0.3) is 20.7 Å². The van der Waals surface area contributed by atoms with Crippen LogP contribution in [0.5, 0.6) is 5.75 Å². The summed E-state index contributed by atoms with van der Waals surface area (Å²) in [6.45, 7) is 3.05. The van der Waals surface area contributed by atoms with E-state index in [9.17, 15) is 9.59 Å². The molecule has 0 saturated carbocycles. The molecule has 2 aromatic carbocycles. The van der Waals surface area contributed by atoms with E-state index >= 15 is 0 Å². The van der Waals surface area contributed by atoms with Gasteiger partial charge in [-0.15, -0.1) is 11.3 Å². The van der Waals surface area contributed by atoms with Crippen molar-refractivity contribution < 1.29 is 4.74 Å². The van der Waals surface area contributed by atoms with Gasteiger partial charge in [-0.05, 0) is 47.6 Å². The number of methoxy groups -OCH3 is 1. The highest BCUT2D eigenvalue weighted by atomic mass is 32.1. The highest BCUT2D eigenvalue weighted by molar-refractivity contribution is 7.22. The second kappa shape index (κ2) is 8.56. The maximum absolute atomic E-state index is 13.2. The second-order valence-corrected chi connectivity index (χ2v) is 10.4. The average Bonchev–Trinajstić information content (AvgIpc) is 3.48. The number of rotatable bonds is 5. The largest absolute Gasteiger partial charge is 0.496 e. The number of hydrogen-bond donors (Lipinski definition) is 1. The zero-order chi connectivity index (χ0) is 23.2. The first-order valence-corrected chi connectivity index (χ1v) is 12.6. The lowest BCUT2D eigenvalue weighted by Crippen LogP contribution is -2.38. The highest BCUT2D eigenvalue weighted by Gasteiger charge is 2.38. The Kier molecular flexibility index (Phi) is 5.38. The van der Waals surface area contributed by atoms with Gasteiger partial charge >= 0.3 is 5.69 Å². The molecule has 6 rings (SSSR count). The van der Waals surface area contributed by atoms with Crippen LogP contribution in [0, 0.1) is 5.92 Å². The number of ether oxygens (including phenoxy) is 1. The summed E-state index contributed by atoms with van der Waals surface area (Å²) in [5.74, 6) is 2.09. The zero-order valence-corrected chi connectivity index (χ0v) is 19.9. The van der Waals surface area contributed by atoms with Crippen molar-refractivity contribution in [3.63, 3.8) is 0 Å². The van der Waals surface area contributed by atoms with Crippen molar-refractivity contribution in [1.82, 2.24) is 14.5 Å². The van der Waals surface area contributed by atoms with Gasteiger partial charge in [0.05, 0.1) is 12.6 Å². The van der Waals surface area contributed by atoms with Crippen molar-refractivity contribution in [2.75, 3.05) is 26.7 Å². The molecule has 1 saturated heterocycles. The minimum Gasteiger partial charge on any atom is -0.496 e. The molecule has 0 unspecified atom stereocenters. The molecule has 1 aliphatic heterocycles. The van der Waals surface area contributed by atoms with Crippen LogP contribution in [0.4, 0.5) is 0 Å². The van der Waals surface area contributed by atoms with E-state index in [4.69, 9.17) is 4.74 Å². The molecule has 1 N–H and O–H groups in total. The molecule has 174 valence electrons. The third kappa shape index (κ3) is 3.60. The number of aromatic nitrogens is 2. The Balaban J connectivity index is 1.23. The molecule has 0 amide bonds. The first-order chi connectivity index (χ1) is 16.6. The molecule has 2 aromatic heterocycles. The second-order valence-electron chi connectivity index (χ2n) is 9.30. The summed E-state index contributed by atoms with van der Waals surface area (Å²) < 4.78 is 7.57. The number of benzene rings is 2. The van der Waals surface area contributed by atoms with Gasteiger partial charge in [0.2, 0.25) is 0 Å². The first-order valence-electron chi connectivity index (χ1n) is 11.8. The minimum absolute atomic E-state index is 0.197. The molecule has 4 aromatic rings. The Bertz CT molecular complexity index is 1470. The average molecular weight is 474 g/mol. The summed E-state index contributed by atoms with van der Waals surface area (Å²) in [6.07, 6.45) is 2.20. The van der Waals surface area contributed by atoms with Crippen molar-refractivity contribution in [2.24, 2.45) is 5.92 Å². The number of aromatic amines is 1. The van der Waals surface area contributed by atoms with Crippen LogP contribution in [0.15, 0.2) is 64.2 Å². The number of nitrogens with one attached hydrogen (secondary N) is 1. The van der Waals surface area contributed by atoms with Gasteiger partial charge in [-0.25, -0.2) is 4.79 Å². The van der Waals surface area contributed by atoms with Crippen LogP contribution in [0.2, 0.25) is 0 Å². The van der Waals surface area contributed by atoms with Gasteiger partial charge in [-0.2, -0.15) is 0 Å². The van der Waals surface area contributed by atoms with Crippen LogP contribution in [0.3, 0.4) is 0 Å². The molecule has 0 spiro atoms. The lowest BCUT2D eigenvalue weighted by Gasteiger charge is -2.28. The summed E-state index contributed by atoms with van der Waals surface area (Å²) in [4.78, 5) is 32.3. The van der Waals surface area contributed by atoms with Gasteiger partial charge in [-0.3, -0.25) is 9.36 Å². The summed E-state index contributed by atoms with van der Waals surface area (Å²) in [5, 5.41) is 0. The molecular formula is C27H27N3O3S.